The summed E-state index contributed by atoms with van der Waals surface area (Å²) in [5.41, 5.74) is -0.0206. The molecule has 0 radical (unpaired) electrons. The highest BCUT2D eigenvalue weighted by Gasteiger charge is 2.51. The molecule has 31 heavy (non-hydrogen) atoms. The van der Waals surface area contributed by atoms with E-state index in [-0.39, 0.29) is 5.75 Å². The van der Waals surface area contributed by atoms with Gasteiger partial charge in [-0.05, 0) is 69.6 Å². The molecule has 168 valence electrons. The van der Waals surface area contributed by atoms with Crippen LogP contribution in [0.4, 0.5) is 3.89 Å². The summed E-state index contributed by atoms with van der Waals surface area (Å²) in [7, 11) is -4.59. The van der Waals surface area contributed by atoms with Crippen LogP contribution < -0.4 is 19.1 Å². The lowest BCUT2D eigenvalue weighted by Crippen LogP contribution is -2.41. The molecule has 0 saturated carbocycles. The molecule has 1 heterocycles. The Morgan fingerprint density at radius 3 is 1.81 bits per heavy atom. The van der Waals surface area contributed by atoms with E-state index in [0.717, 1.165) is 5.46 Å². The summed E-state index contributed by atoms with van der Waals surface area (Å²) in [6.45, 7) is 7.54. The van der Waals surface area contributed by atoms with Crippen LogP contribution in [0.25, 0.3) is 0 Å². The molecule has 0 bridgehead atoms. The second kappa shape index (κ2) is 8.70. The van der Waals surface area contributed by atoms with Crippen molar-refractivity contribution in [2.45, 2.75) is 45.2 Å². The monoisotopic (exact) mass is 452 g/mol. The third-order valence-corrected chi connectivity index (χ3v) is 5.58. The van der Waals surface area contributed by atoms with Gasteiger partial charge in [0.1, 0.15) is 23.9 Å². The molecular weight excluding hydrogens is 426 g/mol. The summed E-state index contributed by atoms with van der Waals surface area (Å²) >= 11 is 0. The molecule has 0 aliphatic carbocycles. The molecule has 1 N–H and O–H groups in total. The van der Waals surface area contributed by atoms with Crippen molar-refractivity contribution in [3.8, 4) is 17.2 Å². The van der Waals surface area contributed by atoms with Crippen molar-refractivity contribution in [3.05, 3.63) is 48.5 Å². The number of ether oxygens (including phenoxy) is 2. The van der Waals surface area contributed by atoms with Gasteiger partial charge in [0.15, 0.2) is 0 Å². The molecule has 1 fully saturated rings. The van der Waals surface area contributed by atoms with Gasteiger partial charge in [-0.1, -0.05) is 12.1 Å². The van der Waals surface area contributed by atoms with Gasteiger partial charge in [0.25, 0.3) is 16.5 Å². The van der Waals surface area contributed by atoms with Crippen molar-refractivity contribution < 1.29 is 36.2 Å². The average molecular weight is 452 g/mol. The Morgan fingerprint density at radius 2 is 1.39 bits per heavy atom. The lowest BCUT2D eigenvalue weighted by molar-refractivity contribution is -0.0350. The van der Waals surface area contributed by atoms with Gasteiger partial charge in [-0.25, -0.2) is 0 Å². The topological polar surface area (TPSA) is 83.5 Å². The van der Waals surface area contributed by atoms with Crippen LogP contribution in [0.2, 0.25) is 0 Å². The third kappa shape index (κ3) is 5.91. The van der Waals surface area contributed by atoms with Gasteiger partial charge in [-0.3, -0.25) is 0 Å². The van der Waals surface area contributed by atoms with Crippen LogP contribution in [0.15, 0.2) is 48.5 Å². The molecule has 1 aliphatic heterocycles. The molecule has 2 atom stereocenters. The molecule has 1 saturated heterocycles. The number of hydrogen-bond donors (Lipinski definition) is 1. The van der Waals surface area contributed by atoms with Crippen molar-refractivity contribution in [3.63, 3.8) is 0 Å². The molecule has 1 aliphatic rings. The minimum Gasteiger partial charge on any atom is -0.452 e. The van der Waals surface area contributed by atoms with Crippen molar-refractivity contribution in [2.24, 2.45) is 0 Å². The van der Waals surface area contributed by atoms with E-state index in [9.17, 15) is 13.2 Å². The SMILES string of the molecule is C=S(=O)(F)Oc1ccc(OC(CO)Oc2ccc(B3OC(C)(C)C(C)(C)O3)cc2)cc1. The first-order valence-corrected chi connectivity index (χ1v) is 11.2. The second-order valence-electron chi connectivity index (χ2n) is 8.10. The number of aliphatic hydroxyl groups is 1. The first-order chi connectivity index (χ1) is 14.4. The van der Waals surface area contributed by atoms with Crippen LogP contribution >= 0.6 is 0 Å². The molecule has 2 aromatic carbocycles. The van der Waals surface area contributed by atoms with Gasteiger partial charge < -0.3 is 28.1 Å². The lowest BCUT2D eigenvalue weighted by atomic mass is 9.79. The molecule has 0 aromatic heterocycles. The summed E-state index contributed by atoms with van der Waals surface area (Å²) < 4.78 is 51.8. The fourth-order valence-corrected chi connectivity index (χ4v) is 3.20. The Hall–Kier alpha value is -2.27. The molecule has 2 unspecified atom stereocenters. The predicted octanol–water partition coefficient (Wildman–Crippen LogP) is 2.66. The van der Waals surface area contributed by atoms with Gasteiger partial charge in [-0.2, -0.15) is 4.21 Å². The minimum absolute atomic E-state index is 0.0367. The third-order valence-electron chi connectivity index (χ3n) is 5.13. The van der Waals surface area contributed by atoms with Crippen LogP contribution in [0, 0.1) is 0 Å². The van der Waals surface area contributed by atoms with Crippen LogP contribution in [0.5, 0.6) is 17.2 Å². The van der Waals surface area contributed by atoms with E-state index in [4.69, 9.17) is 18.8 Å². The summed E-state index contributed by atoms with van der Waals surface area (Å²) in [6.07, 6.45) is -0.979. The summed E-state index contributed by atoms with van der Waals surface area (Å²) in [4.78, 5) is 0. The standard InChI is InChI=1S/C21H26BFO7S/c1-20(2)21(3,4)30-22(29-20)15-6-8-16(9-7-15)26-19(14-24)27-17-10-12-18(13-11-17)28-31(5,23)25/h6-13,19,24H,5,14H2,1-4H3. The van der Waals surface area contributed by atoms with E-state index in [2.05, 4.69) is 10.1 Å². The Morgan fingerprint density at radius 1 is 0.968 bits per heavy atom. The molecule has 10 heteroatoms. The Balaban J connectivity index is 1.61. The fourth-order valence-electron chi connectivity index (χ4n) is 2.80. The number of halogens is 1. The number of aliphatic hydroxyl groups excluding tert-OH is 1. The quantitative estimate of drug-likeness (QED) is 0.285. The highest BCUT2D eigenvalue weighted by molar-refractivity contribution is 7.91. The van der Waals surface area contributed by atoms with Crippen LogP contribution in [0.1, 0.15) is 27.7 Å². The van der Waals surface area contributed by atoms with E-state index < -0.39 is 41.4 Å². The van der Waals surface area contributed by atoms with Gasteiger partial charge >= 0.3 is 7.12 Å². The summed E-state index contributed by atoms with van der Waals surface area (Å²) in [5, 5.41) is 9.59. The van der Waals surface area contributed by atoms with Crippen molar-refractivity contribution in [1.82, 2.24) is 0 Å². The maximum atomic E-state index is 13.0. The molecule has 0 spiro atoms. The van der Waals surface area contributed by atoms with Gasteiger partial charge in [0.2, 0.25) is 0 Å². The number of hydrogen-bond acceptors (Lipinski definition) is 7. The van der Waals surface area contributed by atoms with E-state index in [0.29, 0.717) is 11.5 Å². The van der Waals surface area contributed by atoms with Crippen LogP contribution in [-0.4, -0.2) is 46.4 Å². The lowest BCUT2D eigenvalue weighted by Gasteiger charge is -2.32. The highest BCUT2D eigenvalue weighted by Crippen LogP contribution is 2.36. The maximum Gasteiger partial charge on any atom is 0.494 e. The zero-order valence-corrected chi connectivity index (χ0v) is 18.7. The molecule has 0 amide bonds. The van der Waals surface area contributed by atoms with Gasteiger partial charge in [0, 0.05) is 5.87 Å². The zero-order chi connectivity index (χ0) is 22.9. The minimum atomic E-state index is -4.10. The van der Waals surface area contributed by atoms with E-state index >= 15 is 0 Å². The van der Waals surface area contributed by atoms with Crippen molar-refractivity contribution in [2.75, 3.05) is 6.61 Å². The van der Waals surface area contributed by atoms with E-state index in [1.165, 1.54) is 24.3 Å². The maximum absolute atomic E-state index is 13.0. The summed E-state index contributed by atoms with van der Waals surface area (Å²) in [5.74, 6) is 3.64. The molecule has 3 rings (SSSR count). The Labute approximate surface area is 182 Å². The Kier molecular flexibility index (Phi) is 6.57. The smallest absolute Gasteiger partial charge is 0.452 e. The number of benzene rings is 2. The molecule has 2 aromatic rings. The fraction of sp³-hybridized carbons (Fsp3) is 0.381. The van der Waals surface area contributed by atoms with Gasteiger partial charge in [0.05, 0.1) is 11.2 Å². The van der Waals surface area contributed by atoms with E-state index in [1.807, 2.05) is 39.8 Å². The predicted molar refractivity (Wildman–Crippen MR) is 118 cm³/mol. The van der Waals surface area contributed by atoms with Crippen molar-refractivity contribution >= 4 is 28.6 Å². The van der Waals surface area contributed by atoms with Crippen molar-refractivity contribution in [1.29, 1.82) is 0 Å². The Bertz CT molecular complexity index is 975. The highest BCUT2D eigenvalue weighted by atomic mass is 32.3. The number of rotatable bonds is 8. The summed E-state index contributed by atoms with van der Waals surface area (Å²) in [6, 6.07) is 12.8. The second-order valence-corrected chi connectivity index (χ2v) is 9.34. The first kappa shape index (κ1) is 23.4. The normalized spacial score (nSPS) is 20.0. The zero-order valence-electron chi connectivity index (χ0n) is 17.9. The average Bonchev–Trinajstić information content (AvgIpc) is 2.89. The van der Waals surface area contributed by atoms with Crippen LogP contribution in [0.3, 0.4) is 0 Å². The van der Waals surface area contributed by atoms with Gasteiger partial charge in [-0.15, -0.1) is 3.89 Å². The molecule has 7 nitrogen and oxygen atoms in total. The molecular formula is C21H26BFO7S. The van der Waals surface area contributed by atoms with Crippen LogP contribution in [-0.2, 0) is 19.5 Å². The largest absolute Gasteiger partial charge is 0.494 e. The first-order valence-electron chi connectivity index (χ1n) is 9.65. The van der Waals surface area contributed by atoms with E-state index in [1.54, 1.807) is 12.1 Å².